The fourth-order valence-electron chi connectivity index (χ4n) is 1.78. The smallest absolute Gasteiger partial charge is 0.224 e. The zero-order chi connectivity index (χ0) is 16.8. The molecule has 0 bridgehead atoms. The molecule has 0 aliphatic heterocycles. The van der Waals surface area contributed by atoms with Crippen molar-refractivity contribution in [3.63, 3.8) is 0 Å². The molecule has 2 aromatic carbocycles. The van der Waals surface area contributed by atoms with E-state index < -0.39 is 0 Å². The fourth-order valence-corrected chi connectivity index (χ4v) is 2.50. The summed E-state index contributed by atoms with van der Waals surface area (Å²) in [7, 11) is 0. The minimum absolute atomic E-state index is 0.176. The fraction of sp³-hybridized carbons (Fsp3) is 0.188. The van der Waals surface area contributed by atoms with Crippen molar-refractivity contribution in [1.82, 2.24) is 0 Å². The average molecular weight is 393 g/mol. The highest BCUT2D eigenvalue weighted by atomic mass is 35.5. The lowest BCUT2D eigenvalue weighted by Crippen LogP contribution is -2.13. The van der Waals surface area contributed by atoms with Gasteiger partial charge in [-0.15, -0.1) is 0 Å². The van der Waals surface area contributed by atoms with Gasteiger partial charge in [-0.25, -0.2) is 0 Å². The van der Waals surface area contributed by atoms with E-state index in [-0.39, 0.29) is 5.91 Å². The van der Waals surface area contributed by atoms with Crippen molar-refractivity contribution in [3.8, 4) is 5.75 Å². The number of carbonyl (C=O) groups is 1. The van der Waals surface area contributed by atoms with Crippen molar-refractivity contribution in [2.45, 2.75) is 12.8 Å². The van der Waals surface area contributed by atoms with Gasteiger partial charge in [-0.3, -0.25) is 4.79 Å². The largest absolute Gasteiger partial charge is 0.494 e. The van der Waals surface area contributed by atoms with Crippen LogP contribution in [0.2, 0.25) is 20.1 Å². The van der Waals surface area contributed by atoms with Gasteiger partial charge in [-0.05, 0) is 42.8 Å². The molecule has 0 unspecified atom stereocenters. The highest BCUT2D eigenvalue weighted by molar-refractivity contribution is 6.44. The summed E-state index contributed by atoms with van der Waals surface area (Å²) in [4.78, 5) is 11.9. The molecule has 0 aromatic heterocycles. The topological polar surface area (TPSA) is 38.3 Å². The summed E-state index contributed by atoms with van der Waals surface area (Å²) in [6.07, 6.45) is 0.859. The summed E-state index contributed by atoms with van der Waals surface area (Å²) in [6, 6.07) is 10.1. The first kappa shape index (κ1) is 18.2. The summed E-state index contributed by atoms with van der Waals surface area (Å²) >= 11 is 23.5. The molecule has 0 aliphatic carbocycles. The van der Waals surface area contributed by atoms with E-state index in [1.54, 1.807) is 24.3 Å². The number of ether oxygens (including phenoxy) is 1. The molecule has 0 heterocycles. The van der Waals surface area contributed by atoms with E-state index in [0.717, 1.165) is 0 Å². The molecule has 2 rings (SSSR count). The second-order valence-corrected chi connectivity index (χ2v) is 6.36. The van der Waals surface area contributed by atoms with Gasteiger partial charge < -0.3 is 10.1 Å². The molecule has 0 atom stereocenters. The van der Waals surface area contributed by atoms with Crippen molar-refractivity contribution in [2.75, 3.05) is 11.9 Å². The maximum Gasteiger partial charge on any atom is 0.224 e. The van der Waals surface area contributed by atoms with Crippen LogP contribution in [0.4, 0.5) is 5.69 Å². The van der Waals surface area contributed by atoms with Gasteiger partial charge in [0, 0.05) is 11.4 Å². The highest BCUT2D eigenvalue weighted by Gasteiger charge is 2.09. The zero-order valence-corrected chi connectivity index (χ0v) is 14.9. The molecule has 0 saturated carbocycles. The van der Waals surface area contributed by atoms with Gasteiger partial charge in [-0.2, -0.15) is 0 Å². The summed E-state index contributed by atoms with van der Waals surface area (Å²) < 4.78 is 5.52. The number of benzene rings is 2. The molecule has 0 aliphatic rings. The van der Waals surface area contributed by atoms with Crippen molar-refractivity contribution >= 4 is 58.0 Å². The number of anilines is 1. The number of halogens is 4. The van der Waals surface area contributed by atoms with Crippen molar-refractivity contribution in [2.24, 2.45) is 0 Å². The molecule has 1 amide bonds. The lowest BCUT2D eigenvalue weighted by Gasteiger charge is -2.09. The number of hydrogen-bond acceptors (Lipinski definition) is 2. The molecule has 23 heavy (non-hydrogen) atoms. The van der Waals surface area contributed by atoms with Crippen LogP contribution in [0.1, 0.15) is 12.8 Å². The normalized spacial score (nSPS) is 10.4. The predicted molar refractivity (Wildman–Crippen MR) is 96.3 cm³/mol. The van der Waals surface area contributed by atoms with Crippen LogP contribution in [-0.4, -0.2) is 12.5 Å². The van der Waals surface area contributed by atoms with Gasteiger partial charge in [0.1, 0.15) is 5.75 Å². The molecule has 122 valence electrons. The van der Waals surface area contributed by atoms with Gasteiger partial charge in [0.2, 0.25) is 5.91 Å². The lowest BCUT2D eigenvalue weighted by atomic mass is 10.2. The molecule has 3 nitrogen and oxygen atoms in total. The lowest BCUT2D eigenvalue weighted by molar-refractivity contribution is -0.116. The highest BCUT2D eigenvalue weighted by Crippen LogP contribution is 2.32. The van der Waals surface area contributed by atoms with Crippen molar-refractivity contribution in [1.29, 1.82) is 0 Å². The van der Waals surface area contributed by atoms with Crippen LogP contribution in [0, 0.1) is 0 Å². The van der Waals surface area contributed by atoms with Gasteiger partial charge in [-0.1, -0.05) is 46.4 Å². The first-order valence-corrected chi connectivity index (χ1v) is 8.29. The SMILES string of the molecule is O=C(CCCOc1ccc(Cl)cc1)Nc1cc(Cl)c(Cl)cc1Cl. The van der Waals surface area contributed by atoms with Gasteiger partial charge in [0.15, 0.2) is 0 Å². The maximum absolute atomic E-state index is 11.9. The van der Waals surface area contributed by atoms with Crippen molar-refractivity contribution < 1.29 is 9.53 Å². The second-order valence-electron chi connectivity index (χ2n) is 4.70. The van der Waals surface area contributed by atoms with Crippen LogP contribution in [-0.2, 0) is 4.79 Å². The quantitative estimate of drug-likeness (QED) is 0.476. The van der Waals surface area contributed by atoms with Gasteiger partial charge in [0.05, 0.1) is 27.4 Å². The molecule has 0 fully saturated rings. The van der Waals surface area contributed by atoms with E-state index >= 15 is 0 Å². The van der Waals surface area contributed by atoms with Crippen LogP contribution in [0.15, 0.2) is 36.4 Å². The number of rotatable bonds is 6. The molecule has 2 aromatic rings. The minimum atomic E-state index is -0.176. The van der Waals surface area contributed by atoms with Crippen LogP contribution in [0.25, 0.3) is 0 Å². The molecular weight excluding hydrogens is 380 g/mol. The molecule has 0 saturated heterocycles. The molecule has 0 spiro atoms. The van der Waals surface area contributed by atoms with Gasteiger partial charge >= 0.3 is 0 Å². The van der Waals surface area contributed by atoms with E-state index in [0.29, 0.717) is 51.0 Å². The maximum atomic E-state index is 11.9. The third kappa shape index (κ3) is 5.78. The van der Waals surface area contributed by atoms with E-state index in [4.69, 9.17) is 51.1 Å². The van der Waals surface area contributed by atoms with Crippen LogP contribution in [0.3, 0.4) is 0 Å². The van der Waals surface area contributed by atoms with Crippen molar-refractivity contribution in [3.05, 3.63) is 56.5 Å². The molecule has 0 radical (unpaired) electrons. The third-order valence-electron chi connectivity index (χ3n) is 2.91. The minimum Gasteiger partial charge on any atom is -0.494 e. The van der Waals surface area contributed by atoms with Crippen LogP contribution < -0.4 is 10.1 Å². The molecule has 7 heteroatoms. The average Bonchev–Trinajstić information content (AvgIpc) is 2.51. The summed E-state index contributed by atoms with van der Waals surface area (Å²) in [6.45, 7) is 0.421. The number of amides is 1. The number of nitrogens with one attached hydrogen (secondary N) is 1. The summed E-state index contributed by atoms with van der Waals surface area (Å²) in [5.41, 5.74) is 0.435. The standard InChI is InChI=1S/C16H13Cl4NO2/c17-10-3-5-11(6-4-10)23-7-1-2-16(22)21-15-9-13(19)12(18)8-14(15)20/h3-6,8-9H,1-2,7H2,(H,21,22). The van der Waals surface area contributed by atoms with E-state index in [2.05, 4.69) is 5.32 Å². The Morgan fingerprint density at radius 2 is 1.61 bits per heavy atom. The summed E-state index contributed by atoms with van der Waals surface area (Å²) in [5, 5.41) is 4.35. The monoisotopic (exact) mass is 391 g/mol. The first-order valence-electron chi connectivity index (χ1n) is 6.78. The van der Waals surface area contributed by atoms with Crippen LogP contribution >= 0.6 is 46.4 Å². The Kier molecular flexibility index (Phi) is 6.85. The Labute approximate surface area is 154 Å². The number of carbonyl (C=O) groups excluding carboxylic acids is 1. The third-order valence-corrected chi connectivity index (χ3v) is 4.20. The second kappa shape index (κ2) is 8.65. The van der Waals surface area contributed by atoms with Gasteiger partial charge in [0.25, 0.3) is 0 Å². The summed E-state index contributed by atoms with van der Waals surface area (Å²) in [5.74, 6) is 0.535. The Hall–Kier alpha value is -1.13. The van der Waals surface area contributed by atoms with E-state index in [1.165, 1.54) is 12.1 Å². The first-order chi connectivity index (χ1) is 11.0. The van der Waals surface area contributed by atoms with E-state index in [9.17, 15) is 4.79 Å². The van der Waals surface area contributed by atoms with E-state index in [1.807, 2.05) is 0 Å². The predicted octanol–water partition coefficient (Wildman–Crippen LogP) is 6.10. The number of hydrogen-bond donors (Lipinski definition) is 1. The van der Waals surface area contributed by atoms with Crippen LogP contribution in [0.5, 0.6) is 5.75 Å². The Bertz CT molecular complexity index is 689. The Morgan fingerprint density at radius 3 is 2.30 bits per heavy atom. The zero-order valence-electron chi connectivity index (χ0n) is 11.9. The molecular formula is C16H13Cl4NO2. The Balaban J connectivity index is 1.77. The Morgan fingerprint density at radius 1 is 0.957 bits per heavy atom. The molecule has 1 N–H and O–H groups in total.